The number of nitriles is 1. The van der Waals surface area contributed by atoms with Crippen LogP contribution in [0.5, 0.6) is 0 Å². The lowest BCUT2D eigenvalue weighted by Gasteiger charge is -2.41. The third kappa shape index (κ3) is 6.62. The minimum Gasteiger partial charge on any atom is -0.405 e. The van der Waals surface area contributed by atoms with Crippen molar-refractivity contribution in [1.82, 2.24) is 9.29 Å². The zero-order chi connectivity index (χ0) is 27.0. The molecule has 2 heterocycles. The van der Waals surface area contributed by atoms with Gasteiger partial charge in [0.05, 0.1) is 11.3 Å². The van der Waals surface area contributed by atoms with Crippen LogP contribution in [0.15, 0.2) is 83.2 Å². The van der Waals surface area contributed by atoms with Gasteiger partial charge in [-0.15, -0.1) is 0 Å². The van der Waals surface area contributed by atoms with E-state index in [4.69, 9.17) is 5.73 Å². The van der Waals surface area contributed by atoms with Gasteiger partial charge in [-0.1, -0.05) is 36.9 Å². The van der Waals surface area contributed by atoms with Crippen LogP contribution in [-0.2, 0) is 0 Å². The molecule has 0 amide bonds. The van der Waals surface area contributed by atoms with Gasteiger partial charge in [0.15, 0.2) is 0 Å². The normalized spacial score (nSPS) is 16.2. The maximum atomic E-state index is 9.86. The Hall–Kier alpha value is -3.53. The second kappa shape index (κ2) is 12.6. The Morgan fingerprint density at radius 1 is 1.16 bits per heavy atom. The fourth-order valence-electron chi connectivity index (χ4n) is 4.42. The van der Waals surface area contributed by atoms with Gasteiger partial charge in [-0.2, -0.15) is 15.5 Å². The first-order chi connectivity index (χ1) is 17.7. The highest BCUT2D eigenvalue weighted by atomic mass is 32.3. The molecular weight excluding hydrogens is 474 g/mol. The van der Waals surface area contributed by atoms with Crippen LogP contribution in [0.4, 0.5) is 5.69 Å². The van der Waals surface area contributed by atoms with Gasteiger partial charge >= 0.3 is 0 Å². The Labute approximate surface area is 224 Å². The van der Waals surface area contributed by atoms with Crippen molar-refractivity contribution in [3.63, 3.8) is 0 Å². The van der Waals surface area contributed by atoms with Gasteiger partial charge < -0.3 is 11.1 Å². The number of hydrogen-bond acceptors (Lipinski definition) is 5. The quantitative estimate of drug-likeness (QED) is 0.348. The van der Waals surface area contributed by atoms with Crippen molar-refractivity contribution in [3.8, 4) is 6.07 Å². The highest BCUT2D eigenvalue weighted by Gasteiger charge is 2.26. The molecule has 1 aromatic heterocycles. The molecule has 0 unspecified atom stereocenters. The van der Waals surface area contributed by atoms with Crippen LogP contribution < -0.4 is 11.1 Å². The van der Waals surface area contributed by atoms with Gasteiger partial charge in [-0.3, -0.25) is 9.29 Å². The monoisotopic (exact) mass is 513 g/mol. The summed E-state index contributed by atoms with van der Waals surface area (Å²) < 4.78 is 2.65. The van der Waals surface area contributed by atoms with Crippen molar-refractivity contribution in [2.45, 2.75) is 38.5 Å². The summed E-state index contributed by atoms with van der Waals surface area (Å²) in [7, 11) is -0.962. The number of aromatic nitrogens is 1. The van der Waals surface area contributed by atoms with E-state index in [1.807, 2.05) is 39.0 Å². The molecule has 5 nitrogen and oxygen atoms in total. The van der Waals surface area contributed by atoms with Gasteiger partial charge in [0.1, 0.15) is 6.07 Å². The average molecular weight is 514 g/mol. The Bertz CT molecular complexity index is 1280. The van der Waals surface area contributed by atoms with Crippen LogP contribution in [0.1, 0.15) is 49.1 Å². The predicted octanol–water partition coefficient (Wildman–Crippen LogP) is 7.16. The highest BCUT2D eigenvalue weighted by Crippen LogP contribution is 2.53. The first kappa shape index (κ1) is 28.0. The summed E-state index contributed by atoms with van der Waals surface area (Å²) in [6.07, 6.45) is 20.1. The Morgan fingerprint density at radius 3 is 2.43 bits per heavy atom. The topological polar surface area (TPSA) is 78.0 Å². The summed E-state index contributed by atoms with van der Waals surface area (Å²) in [4.78, 5) is 5.89. The number of pyridine rings is 1. The minimum atomic E-state index is -0.962. The number of anilines is 1. The van der Waals surface area contributed by atoms with Gasteiger partial charge in [0.2, 0.25) is 0 Å². The highest BCUT2D eigenvalue weighted by molar-refractivity contribution is 8.30. The van der Waals surface area contributed by atoms with Gasteiger partial charge in [0.25, 0.3) is 0 Å². The van der Waals surface area contributed by atoms with Crippen LogP contribution in [-0.4, -0.2) is 34.9 Å². The fraction of sp³-hybridized carbons (Fsp3) is 0.290. The maximum Gasteiger partial charge on any atom is 0.103 e. The standard InChI is InChI=1S/C31H39N5S/c1-7-10-30(24(3)23(2)17-18-32)35-31-27(21-33)22-34-25(4)29(31)16-13-26-11-14-28(15-12-26)37(5,6)36-19-8-9-20-36/h7,10-18,22H,1,8-9,19-20,32H2,2-6H3,(H,34,35)/b16-13+,18-17-,24-23+,30-10+. The molecule has 1 fully saturated rings. The van der Waals surface area contributed by atoms with Crippen molar-refractivity contribution in [1.29, 1.82) is 5.26 Å². The number of aryl methyl sites for hydroxylation is 1. The predicted molar refractivity (Wildman–Crippen MR) is 161 cm³/mol. The van der Waals surface area contributed by atoms with Gasteiger partial charge in [0, 0.05) is 41.1 Å². The first-order valence-corrected chi connectivity index (χ1v) is 15.0. The second-order valence-electron chi connectivity index (χ2n) is 9.58. The van der Waals surface area contributed by atoms with Crippen LogP contribution in [0, 0.1) is 18.3 Å². The van der Waals surface area contributed by atoms with E-state index in [-0.39, 0.29) is 0 Å². The van der Waals surface area contributed by atoms with E-state index in [0.717, 1.165) is 39.4 Å². The molecule has 0 bridgehead atoms. The Kier molecular flexibility index (Phi) is 9.57. The molecule has 1 aliphatic rings. The summed E-state index contributed by atoms with van der Waals surface area (Å²) >= 11 is 0. The summed E-state index contributed by atoms with van der Waals surface area (Å²) in [6, 6.07) is 11.2. The van der Waals surface area contributed by atoms with E-state index in [9.17, 15) is 5.26 Å². The van der Waals surface area contributed by atoms with Gasteiger partial charge in [-0.25, -0.2) is 0 Å². The molecule has 3 rings (SSSR count). The molecular formula is C31H39N5S. The molecule has 1 aliphatic heterocycles. The SMILES string of the molecule is C=C\C=C(Nc1c(C#N)cnc(C)c1/C=C/c1ccc(S(C)(C)N2CCCC2)cc1)/C(C)=C(C)/C=C\N. The summed E-state index contributed by atoms with van der Waals surface area (Å²) in [5, 5.41) is 13.3. The molecule has 1 aromatic carbocycles. The molecule has 194 valence electrons. The van der Waals surface area contributed by atoms with Crippen LogP contribution in [0.3, 0.4) is 0 Å². The lowest BCUT2D eigenvalue weighted by atomic mass is 10.0. The van der Waals surface area contributed by atoms with Crippen molar-refractivity contribution in [2.24, 2.45) is 5.73 Å². The van der Waals surface area contributed by atoms with Crippen molar-refractivity contribution in [2.75, 3.05) is 30.9 Å². The Balaban J connectivity index is 1.96. The zero-order valence-electron chi connectivity index (χ0n) is 22.7. The fourth-order valence-corrected chi connectivity index (χ4v) is 6.70. The number of nitrogens with one attached hydrogen (secondary N) is 1. The molecule has 6 heteroatoms. The molecule has 0 aliphatic carbocycles. The third-order valence-corrected chi connectivity index (χ3v) is 10.0. The van der Waals surface area contributed by atoms with Crippen molar-refractivity contribution in [3.05, 3.63) is 101 Å². The Morgan fingerprint density at radius 2 is 1.84 bits per heavy atom. The van der Waals surface area contributed by atoms with E-state index in [2.05, 4.69) is 70.1 Å². The minimum absolute atomic E-state index is 0.478. The molecule has 0 radical (unpaired) electrons. The van der Waals surface area contributed by atoms with Crippen molar-refractivity contribution >= 4 is 28.1 Å². The molecule has 0 atom stereocenters. The number of rotatable bonds is 9. The average Bonchev–Trinajstić information content (AvgIpc) is 3.44. The molecule has 0 spiro atoms. The van der Waals surface area contributed by atoms with E-state index in [1.165, 1.54) is 37.0 Å². The van der Waals surface area contributed by atoms with E-state index < -0.39 is 10.2 Å². The molecule has 37 heavy (non-hydrogen) atoms. The number of hydrogen-bond donors (Lipinski definition) is 2. The van der Waals surface area contributed by atoms with Gasteiger partial charge in [-0.05, 0) is 93.3 Å². The molecule has 0 saturated carbocycles. The van der Waals surface area contributed by atoms with E-state index in [1.54, 1.807) is 12.3 Å². The van der Waals surface area contributed by atoms with Crippen LogP contribution in [0.2, 0.25) is 0 Å². The largest absolute Gasteiger partial charge is 0.405 e. The smallest absolute Gasteiger partial charge is 0.103 e. The second-order valence-corrected chi connectivity index (χ2v) is 13.1. The lowest BCUT2D eigenvalue weighted by Crippen LogP contribution is -2.23. The third-order valence-electron chi connectivity index (χ3n) is 6.93. The number of nitrogens with two attached hydrogens (primary N) is 1. The van der Waals surface area contributed by atoms with E-state index in [0.29, 0.717) is 5.56 Å². The van der Waals surface area contributed by atoms with Crippen LogP contribution >= 0.6 is 10.2 Å². The number of allylic oxidation sites excluding steroid dienone is 5. The van der Waals surface area contributed by atoms with E-state index >= 15 is 0 Å². The summed E-state index contributed by atoms with van der Waals surface area (Å²) in [5.74, 6) is 0. The maximum absolute atomic E-state index is 9.86. The summed E-state index contributed by atoms with van der Waals surface area (Å²) in [6.45, 7) is 12.2. The summed E-state index contributed by atoms with van der Waals surface area (Å²) in [5.41, 5.74) is 12.5. The van der Waals surface area contributed by atoms with Crippen molar-refractivity contribution < 1.29 is 0 Å². The van der Waals surface area contributed by atoms with Crippen LogP contribution in [0.25, 0.3) is 12.2 Å². The molecule has 1 saturated heterocycles. The molecule has 2 aromatic rings. The number of benzene rings is 1. The number of nitrogens with zero attached hydrogens (tertiary/aromatic N) is 3. The lowest BCUT2D eigenvalue weighted by molar-refractivity contribution is 0.571. The zero-order valence-corrected chi connectivity index (χ0v) is 23.5. The molecule has 3 N–H and O–H groups in total. The first-order valence-electron chi connectivity index (χ1n) is 12.5.